The van der Waals surface area contributed by atoms with Crippen molar-refractivity contribution >= 4 is 28.5 Å². The summed E-state index contributed by atoms with van der Waals surface area (Å²) in [6.07, 6.45) is 1.49. The average molecular weight is 260 g/mol. The van der Waals surface area contributed by atoms with Gasteiger partial charge >= 0.3 is 0 Å². The van der Waals surface area contributed by atoms with Gasteiger partial charge in [-0.05, 0) is 34.7 Å². The smallest absolute Gasteiger partial charge is 0.243 e. The number of amidine groups is 1. The van der Waals surface area contributed by atoms with E-state index in [4.69, 9.17) is 5.41 Å². The summed E-state index contributed by atoms with van der Waals surface area (Å²) in [6.45, 7) is 0. The van der Waals surface area contributed by atoms with Gasteiger partial charge in [-0.15, -0.1) is 5.10 Å². The van der Waals surface area contributed by atoms with E-state index in [2.05, 4.69) is 15.5 Å². The number of tetrazole rings is 1. The Morgan fingerprint density at radius 1 is 1.22 bits per heavy atom. The average Bonchev–Trinajstić information content (AvgIpc) is 3.01. The van der Waals surface area contributed by atoms with E-state index in [1.54, 1.807) is 24.3 Å². The molecule has 2 heterocycles. The van der Waals surface area contributed by atoms with Crippen LogP contribution in [-0.2, 0) is 4.79 Å². The van der Waals surface area contributed by atoms with Gasteiger partial charge in [-0.1, -0.05) is 11.8 Å². The second kappa shape index (κ2) is 4.22. The van der Waals surface area contributed by atoms with Crippen molar-refractivity contribution in [2.24, 2.45) is 0 Å². The van der Waals surface area contributed by atoms with Gasteiger partial charge in [0.1, 0.15) is 6.33 Å². The van der Waals surface area contributed by atoms with Gasteiger partial charge in [-0.3, -0.25) is 15.1 Å². The second-order valence-corrected chi connectivity index (χ2v) is 4.56. The highest BCUT2D eigenvalue weighted by Crippen LogP contribution is 2.26. The van der Waals surface area contributed by atoms with Crippen molar-refractivity contribution in [1.82, 2.24) is 20.2 Å². The van der Waals surface area contributed by atoms with Crippen molar-refractivity contribution in [3.8, 4) is 5.69 Å². The van der Waals surface area contributed by atoms with E-state index in [1.807, 2.05) is 0 Å². The number of nitrogens with zero attached hydrogens (tertiary/aromatic N) is 5. The fourth-order valence-corrected chi connectivity index (χ4v) is 2.39. The van der Waals surface area contributed by atoms with Gasteiger partial charge in [-0.2, -0.15) is 0 Å². The third-order valence-electron chi connectivity index (χ3n) is 2.51. The van der Waals surface area contributed by atoms with Crippen molar-refractivity contribution in [3.05, 3.63) is 30.6 Å². The SMILES string of the molecule is N=C1SCC(=O)N1c1ccc(-n2cnnn2)cc1. The molecule has 90 valence electrons. The van der Waals surface area contributed by atoms with Crippen LogP contribution in [0, 0.1) is 5.41 Å². The standard InChI is InChI=1S/C10H8N6OS/c11-10-16(9(17)5-18-10)8-3-1-7(2-4-8)15-6-12-13-14-15/h1-4,6,11H,5H2. The molecule has 3 rings (SSSR count). The Bertz CT molecular complexity index is 577. The predicted octanol–water partition coefficient (Wildman–Crippen LogP) is 0.677. The Hall–Kier alpha value is -2.22. The Morgan fingerprint density at radius 3 is 2.50 bits per heavy atom. The van der Waals surface area contributed by atoms with Crippen LogP contribution in [0.1, 0.15) is 0 Å². The number of nitrogens with one attached hydrogen (secondary N) is 1. The first-order valence-corrected chi connectivity index (χ1v) is 6.12. The molecule has 0 aliphatic carbocycles. The van der Waals surface area contributed by atoms with E-state index in [9.17, 15) is 4.79 Å². The highest BCUT2D eigenvalue weighted by molar-refractivity contribution is 8.15. The van der Waals surface area contributed by atoms with Crippen molar-refractivity contribution in [2.45, 2.75) is 0 Å². The molecule has 1 amide bonds. The fraction of sp³-hybridized carbons (Fsp3) is 0.100. The number of aromatic nitrogens is 4. The minimum atomic E-state index is -0.0693. The maximum absolute atomic E-state index is 11.6. The molecule has 1 fully saturated rings. The molecule has 1 N–H and O–H groups in total. The Balaban J connectivity index is 1.92. The molecule has 0 spiro atoms. The molecule has 1 saturated heterocycles. The van der Waals surface area contributed by atoms with Gasteiger partial charge in [0.25, 0.3) is 0 Å². The molecular formula is C10H8N6OS. The van der Waals surface area contributed by atoms with Crippen LogP contribution in [0.25, 0.3) is 5.69 Å². The van der Waals surface area contributed by atoms with Gasteiger partial charge < -0.3 is 0 Å². The van der Waals surface area contributed by atoms with Crippen LogP contribution in [0.5, 0.6) is 0 Å². The number of benzene rings is 1. The molecule has 18 heavy (non-hydrogen) atoms. The highest BCUT2D eigenvalue weighted by Gasteiger charge is 2.28. The summed E-state index contributed by atoms with van der Waals surface area (Å²) in [7, 11) is 0. The molecule has 1 aliphatic rings. The Kier molecular flexibility index (Phi) is 2.56. The van der Waals surface area contributed by atoms with E-state index in [-0.39, 0.29) is 11.1 Å². The summed E-state index contributed by atoms with van der Waals surface area (Å²) in [5.41, 5.74) is 1.49. The number of amides is 1. The van der Waals surface area contributed by atoms with Crippen molar-refractivity contribution in [2.75, 3.05) is 10.7 Å². The van der Waals surface area contributed by atoms with Crippen LogP contribution >= 0.6 is 11.8 Å². The lowest BCUT2D eigenvalue weighted by Crippen LogP contribution is -2.28. The van der Waals surface area contributed by atoms with Crippen LogP contribution in [0.2, 0.25) is 0 Å². The van der Waals surface area contributed by atoms with E-state index in [1.165, 1.54) is 27.7 Å². The Morgan fingerprint density at radius 2 is 1.94 bits per heavy atom. The normalized spacial score (nSPS) is 15.4. The quantitative estimate of drug-likeness (QED) is 0.857. The molecule has 2 aromatic rings. The number of hydrogen-bond acceptors (Lipinski definition) is 6. The van der Waals surface area contributed by atoms with Gasteiger partial charge in [0.05, 0.1) is 17.1 Å². The first-order chi connectivity index (χ1) is 8.75. The maximum atomic E-state index is 11.6. The molecule has 0 saturated carbocycles. The third kappa shape index (κ3) is 1.76. The molecule has 0 radical (unpaired) electrons. The summed E-state index contributed by atoms with van der Waals surface area (Å²) in [4.78, 5) is 13.0. The van der Waals surface area contributed by atoms with Gasteiger partial charge in [0, 0.05) is 0 Å². The van der Waals surface area contributed by atoms with Gasteiger partial charge in [0.2, 0.25) is 5.91 Å². The van der Waals surface area contributed by atoms with Gasteiger partial charge in [-0.25, -0.2) is 4.68 Å². The number of hydrogen-bond donors (Lipinski definition) is 1. The largest absolute Gasteiger partial charge is 0.278 e. The van der Waals surface area contributed by atoms with Crippen molar-refractivity contribution in [3.63, 3.8) is 0 Å². The molecule has 1 aromatic heterocycles. The second-order valence-electron chi connectivity index (χ2n) is 3.59. The predicted molar refractivity (Wildman–Crippen MR) is 66.8 cm³/mol. The summed E-state index contributed by atoms with van der Waals surface area (Å²) in [5.74, 6) is 0.258. The first-order valence-electron chi connectivity index (χ1n) is 5.13. The molecule has 7 nitrogen and oxygen atoms in total. The summed E-state index contributed by atoms with van der Waals surface area (Å²) in [5, 5.41) is 18.8. The number of carbonyl (C=O) groups is 1. The molecule has 8 heteroatoms. The van der Waals surface area contributed by atoms with Crippen LogP contribution < -0.4 is 4.90 Å². The van der Waals surface area contributed by atoms with Crippen LogP contribution in [0.4, 0.5) is 5.69 Å². The number of anilines is 1. The zero-order chi connectivity index (χ0) is 12.5. The maximum Gasteiger partial charge on any atom is 0.243 e. The minimum absolute atomic E-state index is 0.0693. The molecule has 0 bridgehead atoms. The monoisotopic (exact) mass is 260 g/mol. The fourth-order valence-electron chi connectivity index (χ4n) is 1.67. The van der Waals surface area contributed by atoms with E-state index in [0.717, 1.165) is 5.69 Å². The molecule has 1 aromatic carbocycles. The number of carbonyl (C=O) groups excluding carboxylic acids is 1. The molecular weight excluding hydrogens is 252 g/mol. The minimum Gasteiger partial charge on any atom is -0.278 e. The van der Waals surface area contributed by atoms with E-state index < -0.39 is 0 Å². The molecule has 0 unspecified atom stereocenters. The summed E-state index contributed by atoms with van der Waals surface area (Å²) in [6, 6.07) is 7.15. The lowest BCUT2D eigenvalue weighted by molar-refractivity contribution is -0.115. The van der Waals surface area contributed by atoms with Crippen LogP contribution in [0.3, 0.4) is 0 Å². The number of thioether (sulfide) groups is 1. The van der Waals surface area contributed by atoms with Crippen LogP contribution in [0.15, 0.2) is 30.6 Å². The lowest BCUT2D eigenvalue weighted by atomic mass is 10.2. The number of rotatable bonds is 2. The van der Waals surface area contributed by atoms with Crippen LogP contribution in [-0.4, -0.2) is 37.0 Å². The zero-order valence-corrected chi connectivity index (χ0v) is 9.96. The first kappa shape index (κ1) is 10.9. The summed E-state index contributed by atoms with van der Waals surface area (Å²) >= 11 is 1.23. The van der Waals surface area contributed by atoms with Gasteiger partial charge in [0.15, 0.2) is 5.17 Å². The molecule has 0 atom stereocenters. The summed E-state index contributed by atoms with van der Waals surface area (Å²) < 4.78 is 1.52. The van der Waals surface area contributed by atoms with Crippen molar-refractivity contribution in [1.29, 1.82) is 5.41 Å². The third-order valence-corrected chi connectivity index (χ3v) is 3.35. The Labute approximate surface area is 106 Å². The van der Waals surface area contributed by atoms with Crippen molar-refractivity contribution < 1.29 is 4.79 Å². The molecule has 1 aliphatic heterocycles. The topological polar surface area (TPSA) is 87.8 Å². The highest BCUT2D eigenvalue weighted by atomic mass is 32.2. The van der Waals surface area contributed by atoms with E-state index in [0.29, 0.717) is 11.4 Å². The zero-order valence-electron chi connectivity index (χ0n) is 9.15. The van der Waals surface area contributed by atoms with E-state index >= 15 is 0 Å². The lowest BCUT2D eigenvalue weighted by Gasteiger charge is -2.14.